The second kappa shape index (κ2) is 9.65. The van der Waals surface area contributed by atoms with E-state index < -0.39 is 12.1 Å². The quantitative estimate of drug-likeness (QED) is 0.597. The van der Waals surface area contributed by atoms with Crippen molar-refractivity contribution in [3.05, 3.63) is 54.1 Å². The van der Waals surface area contributed by atoms with E-state index in [4.69, 9.17) is 4.74 Å². The Bertz CT molecular complexity index is 855. The van der Waals surface area contributed by atoms with E-state index in [0.717, 1.165) is 5.75 Å². The van der Waals surface area contributed by atoms with Gasteiger partial charge < -0.3 is 15.4 Å². The van der Waals surface area contributed by atoms with Crippen molar-refractivity contribution in [1.82, 2.24) is 0 Å². The number of halogens is 3. The third kappa shape index (κ3) is 7.42. The second-order valence-electron chi connectivity index (χ2n) is 7.80. The molecule has 0 aliphatic heterocycles. The zero-order valence-electron chi connectivity index (χ0n) is 17.1. The predicted octanol–water partition coefficient (Wildman–Crippen LogP) is 5.28. The number of hydrogen-bond acceptors (Lipinski definition) is 3. The molecule has 0 saturated carbocycles. The molecule has 0 saturated heterocycles. The van der Waals surface area contributed by atoms with E-state index >= 15 is 0 Å². The van der Waals surface area contributed by atoms with Gasteiger partial charge in [-0.25, -0.2) is 0 Å². The minimum absolute atomic E-state index is 0.0128. The molecule has 5 nitrogen and oxygen atoms in total. The Morgan fingerprint density at radius 1 is 0.867 bits per heavy atom. The number of rotatable bonds is 7. The molecule has 2 N–H and O–H groups in total. The summed E-state index contributed by atoms with van der Waals surface area (Å²) in [5.74, 6) is -1.55. The smallest absolute Gasteiger partial charge is 0.471 e. The Kier molecular flexibility index (Phi) is 7.48. The van der Waals surface area contributed by atoms with Crippen LogP contribution in [0.3, 0.4) is 0 Å². The molecule has 2 aromatic rings. The molecule has 2 amide bonds. The van der Waals surface area contributed by atoms with Crippen LogP contribution in [-0.2, 0) is 15.0 Å². The molecule has 2 aromatic carbocycles. The van der Waals surface area contributed by atoms with Gasteiger partial charge in [-0.3, -0.25) is 9.59 Å². The summed E-state index contributed by atoms with van der Waals surface area (Å²) in [6, 6.07) is 13.2. The van der Waals surface area contributed by atoms with E-state index in [1.165, 1.54) is 29.8 Å². The number of anilines is 2. The average molecular weight is 422 g/mol. The highest BCUT2D eigenvalue weighted by atomic mass is 19.4. The lowest BCUT2D eigenvalue weighted by Gasteiger charge is -2.19. The van der Waals surface area contributed by atoms with Gasteiger partial charge in [0.2, 0.25) is 5.91 Å². The summed E-state index contributed by atoms with van der Waals surface area (Å²) in [6.45, 7) is 6.78. The molecule has 0 aromatic heterocycles. The number of hydrogen-bond donors (Lipinski definition) is 2. The van der Waals surface area contributed by atoms with E-state index in [1.54, 1.807) is 5.32 Å². The molecule has 0 atom stereocenters. The van der Waals surface area contributed by atoms with Gasteiger partial charge in [0, 0.05) is 17.8 Å². The minimum atomic E-state index is -4.95. The summed E-state index contributed by atoms with van der Waals surface area (Å²) in [4.78, 5) is 22.9. The normalized spacial score (nSPS) is 11.7. The topological polar surface area (TPSA) is 67.4 Å². The molecule has 0 aliphatic rings. The first-order valence-corrected chi connectivity index (χ1v) is 9.46. The van der Waals surface area contributed by atoms with Gasteiger partial charge in [-0.05, 0) is 53.8 Å². The average Bonchev–Trinajstić information content (AvgIpc) is 2.66. The summed E-state index contributed by atoms with van der Waals surface area (Å²) in [5.41, 5.74) is 1.68. The largest absolute Gasteiger partial charge is 0.494 e. The van der Waals surface area contributed by atoms with Crippen molar-refractivity contribution in [1.29, 1.82) is 0 Å². The van der Waals surface area contributed by atoms with Crippen LogP contribution in [0.25, 0.3) is 0 Å². The summed E-state index contributed by atoms with van der Waals surface area (Å²) in [7, 11) is 0. The number of ether oxygens (including phenoxy) is 1. The van der Waals surface area contributed by atoms with Crippen molar-refractivity contribution in [2.24, 2.45) is 0 Å². The SMILES string of the molecule is CC(C)(C)c1ccc(OCCCC(=O)Nc2ccc(NC(=O)C(F)(F)F)cc2)cc1. The molecule has 0 bridgehead atoms. The standard InChI is InChI=1S/C22H25F3N2O3/c1-21(2,3)15-6-12-18(13-7-15)30-14-4-5-19(28)26-16-8-10-17(11-9-16)27-20(29)22(23,24)25/h6-13H,4-5,14H2,1-3H3,(H,26,28)(H,27,29). The molecular weight excluding hydrogens is 397 g/mol. The van der Waals surface area contributed by atoms with Crippen molar-refractivity contribution < 1.29 is 27.5 Å². The molecule has 0 spiro atoms. The Morgan fingerprint density at radius 3 is 1.90 bits per heavy atom. The molecule has 0 aliphatic carbocycles. The zero-order chi connectivity index (χ0) is 22.4. The molecule has 0 heterocycles. The van der Waals surface area contributed by atoms with Crippen LogP contribution < -0.4 is 15.4 Å². The van der Waals surface area contributed by atoms with Gasteiger partial charge in [0.1, 0.15) is 5.75 Å². The van der Waals surface area contributed by atoms with Crippen molar-refractivity contribution in [3.63, 3.8) is 0 Å². The Hall–Kier alpha value is -3.03. The first kappa shape index (κ1) is 23.3. The Morgan fingerprint density at radius 2 is 1.40 bits per heavy atom. The van der Waals surface area contributed by atoms with Crippen LogP contribution in [0, 0.1) is 0 Å². The summed E-state index contributed by atoms with van der Waals surface area (Å²) >= 11 is 0. The van der Waals surface area contributed by atoms with Crippen molar-refractivity contribution in [2.75, 3.05) is 17.2 Å². The van der Waals surface area contributed by atoms with Crippen molar-refractivity contribution in [3.8, 4) is 5.75 Å². The number of benzene rings is 2. The van der Waals surface area contributed by atoms with Crippen LogP contribution in [-0.4, -0.2) is 24.6 Å². The monoisotopic (exact) mass is 422 g/mol. The Balaban J connectivity index is 1.72. The highest BCUT2D eigenvalue weighted by molar-refractivity contribution is 5.95. The van der Waals surface area contributed by atoms with Crippen LogP contribution in [0.1, 0.15) is 39.2 Å². The number of carbonyl (C=O) groups excluding carboxylic acids is 2. The van der Waals surface area contributed by atoms with E-state index in [1.807, 2.05) is 24.3 Å². The predicted molar refractivity (Wildman–Crippen MR) is 110 cm³/mol. The fourth-order valence-electron chi connectivity index (χ4n) is 2.54. The van der Waals surface area contributed by atoms with Crippen LogP contribution in [0.5, 0.6) is 5.75 Å². The van der Waals surface area contributed by atoms with Gasteiger partial charge >= 0.3 is 12.1 Å². The third-order valence-corrected chi connectivity index (χ3v) is 4.22. The van der Waals surface area contributed by atoms with Crippen LogP contribution in [0.15, 0.2) is 48.5 Å². The van der Waals surface area contributed by atoms with Gasteiger partial charge in [-0.15, -0.1) is 0 Å². The minimum Gasteiger partial charge on any atom is -0.494 e. The van der Waals surface area contributed by atoms with Crippen LogP contribution >= 0.6 is 0 Å². The zero-order valence-corrected chi connectivity index (χ0v) is 17.1. The van der Waals surface area contributed by atoms with Gasteiger partial charge in [0.05, 0.1) is 6.61 Å². The molecule has 162 valence electrons. The van der Waals surface area contributed by atoms with E-state index in [0.29, 0.717) is 18.7 Å². The molecule has 30 heavy (non-hydrogen) atoms. The molecule has 0 unspecified atom stereocenters. The number of nitrogens with one attached hydrogen (secondary N) is 2. The second-order valence-corrected chi connectivity index (χ2v) is 7.80. The highest BCUT2D eigenvalue weighted by Gasteiger charge is 2.38. The van der Waals surface area contributed by atoms with Crippen molar-refractivity contribution in [2.45, 2.75) is 45.2 Å². The molecule has 0 radical (unpaired) electrons. The van der Waals surface area contributed by atoms with E-state index in [9.17, 15) is 22.8 Å². The lowest BCUT2D eigenvalue weighted by atomic mass is 9.87. The fraction of sp³-hybridized carbons (Fsp3) is 0.364. The lowest BCUT2D eigenvalue weighted by molar-refractivity contribution is -0.167. The van der Waals surface area contributed by atoms with Crippen LogP contribution in [0.2, 0.25) is 0 Å². The highest BCUT2D eigenvalue weighted by Crippen LogP contribution is 2.24. The summed E-state index contributed by atoms with van der Waals surface area (Å²) < 4.78 is 42.3. The van der Waals surface area contributed by atoms with Crippen molar-refractivity contribution >= 4 is 23.2 Å². The first-order valence-electron chi connectivity index (χ1n) is 9.46. The summed E-state index contributed by atoms with van der Waals surface area (Å²) in [6.07, 6.45) is -4.22. The first-order chi connectivity index (χ1) is 13.9. The van der Waals surface area contributed by atoms with E-state index in [2.05, 4.69) is 26.1 Å². The summed E-state index contributed by atoms with van der Waals surface area (Å²) in [5, 5.41) is 4.38. The van der Waals surface area contributed by atoms with E-state index in [-0.39, 0.29) is 23.4 Å². The molecule has 8 heteroatoms. The Labute approximate surface area is 173 Å². The van der Waals surface area contributed by atoms with Crippen LogP contribution in [0.4, 0.5) is 24.5 Å². The molecule has 2 rings (SSSR count). The number of alkyl halides is 3. The molecular formula is C22H25F3N2O3. The third-order valence-electron chi connectivity index (χ3n) is 4.22. The maximum Gasteiger partial charge on any atom is 0.471 e. The van der Waals surface area contributed by atoms with Gasteiger partial charge in [0.25, 0.3) is 0 Å². The maximum absolute atomic E-state index is 12.2. The van der Waals surface area contributed by atoms with Gasteiger partial charge in [0.15, 0.2) is 0 Å². The number of carbonyl (C=O) groups is 2. The fourth-order valence-corrected chi connectivity index (χ4v) is 2.54. The van der Waals surface area contributed by atoms with Gasteiger partial charge in [-0.2, -0.15) is 13.2 Å². The lowest BCUT2D eigenvalue weighted by Crippen LogP contribution is -2.29. The number of amides is 2. The maximum atomic E-state index is 12.2. The molecule has 0 fully saturated rings. The van der Waals surface area contributed by atoms with Gasteiger partial charge in [-0.1, -0.05) is 32.9 Å².